The normalized spacial score (nSPS) is 10.0. The van der Waals surface area contributed by atoms with Crippen molar-refractivity contribution in [3.05, 3.63) is 47.8 Å². The van der Waals surface area contributed by atoms with Gasteiger partial charge in [-0.3, -0.25) is 0 Å². The van der Waals surface area contributed by atoms with Gasteiger partial charge < -0.3 is 10.6 Å². The summed E-state index contributed by atoms with van der Waals surface area (Å²) in [5.74, 6) is 1.64. The molecule has 0 amide bonds. The van der Waals surface area contributed by atoms with Crippen LogP contribution in [0.2, 0.25) is 0 Å². The van der Waals surface area contributed by atoms with E-state index < -0.39 is 0 Å². The van der Waals surface area contributed by atoms with Gasteiger partial charge in [0.25, 0.3) is 0 Å². The van der Waals surface area contributed by atoms with Crippen molar-refractivity contribution in [1.29, 1.82) is 0 Å². The van der Waals surface area contributed by atoms with E-state index >= 15 is 0 Å². The van der Waals surface area contributed by atoms with Crippen molar-refractivity contribution in [1.82, 2.24) is 9.97 Å². The van der Waals surface area contributed by atoms with Crippen LogP contribution < -0.4 is 10.6 Å². The number of aromatic nitrogens is 2. The van der Waals surface area contributed by atoms with Crippen molar-refractivity contribution in [2.45, 2.75) is 13.5 Å². The summed E-state index contributed by atoms with van der Waals surface area (Å²) >= 11 is 0. The lowest BCUT2D eigenvalue weighted by atomic mass is 10.1. The summed E-state index contributed by atoms with van der Waals surface area (Å²) in [6.45, 7) is 2.85. The Bertz CT molecular complexity index is 479. The number of rotatable bonds is 4. The standard InChI is InChI=1S/C13H16N4/c1-10-3-5-11(6-4-10)8-15-13-7-12(14-2)16-9-17-13/h3-7,9H,8H2,1-2H3,(H2,14,15,16,17). The van der Waals surface area contributed by atoms with E-state index in [1.54, 1.807) is 6.33 Å². The lowest BCUT2D eigenvalue weighted by Gasteiger charge is -2.07. The van der Waals surface area contributed by atoms with Crippen molar-refractivity contribution < 1.29 is 0 Å². The number of hydrogen-bond donors (Lipinski definition) is 2. The molecule has 0 atom stereocenters. The van der Waals surface area contributed by atoms with E-state index in [0.717, 1.165) is 18.2 Å². The quantitative estimate of drug-likeness (QED) is 0.844. The minimum Gasteiger partial charge on any atom is -0.373 e. The third kappa shape index (κ3) is 3.17. The number of nitrogens with zero attached hydrogens (tertiary/aromatic N) is 2. The van der Waals surface area contributed by atoms with Gasteiger partial charge in [0, 0.05) is 19.7 Å². The Hall–Kier alpha value is -2.10. The summed E-state index contributed by atoms with van der Waals surface area (Å²) in [6.07, 6.45) is 1.54. The zero-order chi connectivity index (χ0) is 12.1. The van der Waals surface area contributed by atoms with Crippen LogP contribution in [-0.2, 0) is 6.54 Å². The van der Waals surface area contributed by atoms with Crippen molar-refractivity contribution in [2.75, 3.05) is 17.7 Å². The lowest BCUT2D eigenvalue weighted by molar-refractivity contribution is 1.08. The van der Waals surface area contributed by atoms with E-state index in [4.69, 9.17) is 0 Å². The van der Waals surface area contributed by atoms with Crippen LogP contribution in [0.15, 0.2) is 36.7 Å². The maximum atomic E-state index is 4.16. The van der Waals surface area contributed by atoms with Crippen LogP contribution in [0.25, 0.3) is 0 Å². The van der Waals surface area contributed by atoms with Crippen LogP contribution in [-0.4, -0.2) is 17.0 Å². The Morgan fingerprint density at radius 1 is 1.06 bits per heavy atom. The molecule has 0 saturated carbocycles. The average molecular weight is 228 g/mol. The Kier molecular flexibility index (Phi) is 3.55. The molecule has 0 bridgehead atoms. The number of aryl methyl sites for hydroxylation is 1. The molecule has 2 rings (SSSR count). The van der Waals surface area contributed by atoms with Gasteiger partial charge in [0.05, 0.1) is 0 Å². The van der Waals surface area contributed by atoms with Crippen LogP contribution in [0.5, 0.6) is 0 Å². The highest BCUT2D eigenvalue weighted by atomic mass is 15.0. The second kappa shape index (κ2) is 5.30. The van der Waals surface area contributed by atoms with Crippen molar-refractivity contribution in [2.24, 2.45) is 0 Å². The van der Waals surface area contributed by atoms with E-state index in [0.29, 0.717) is 0 Å². The first-order valence-electron chi connectivity index (χ1n) is 5.57. The molecule has 2 N–H and O–H groups in total. The minimum absolute atomic E-state index is 0.764. The fourth-order valence-electron chi connectivity index (χ4n) is 1.49. The van der Waals surface area contributed by atoms with Gasteiger partial charge in [0.1, 0.15) is 18.0 Å². The molecule has 1 aromatic carbocycles. The Labute approximate surface area is 101 Å². The lowest BCUT2D eigenvalue weighted by Crippen LogP contribution is -2.03. The summed E-state index contributed by atoms with van der Waals surface area (Å²) in [5, 5.41) is 6.25. The molecule has 4 nitrogen and oxygen atoms in total. The Morgan fingerprint density at radius 3 is 2.47 bits per heavy atom. The number of hydrogen-bond acceptors (Lipinski definition) is 4. The molecule has 4 heteroatoms. The number of benzene rings is 1. The van der Waals surface area contributed by atoms with Gasteiger partial charge in [-0.2, -0.15) is 0 Å². The largest absolute Gasteiger partial charge is 0.373 e. The second-order valence-corrected chi connectivity index (χ2v) is 3.88. The third-order valence-corrected chi connectivity index (χ3v) is 2.52. The number of anilines is 2. The van der Waals surface area contributed by atoms with Crippen molar-refractivity contribution >= 4 is 11.6 Å². The molecule has 1 aromatic heterocycles. The van der Waals surface area contributed by atoms with Crippen LogP contribution in [0.4, 0.5) is 11.6 Å². The first kappa shape index (κ1) is 11.4. The van der Waals surface area contributed by atoms with E-state index in [1.165, 1.54) is 11.1 Å². The second-order valence-electron chi connectivity index (χ2n) is 3.88. The van der Waals surface area contributed by atoms with Gasteiger partial charge in [-0.15, -0.1) is 0 Å². The summed E-state index contributed by atoms with van der Waals surface area (Å²) in [7, 11) is 1.84. The highest BCUT2D eigenvalue weighted by Crippen LogP contribution is 2.10. The van der Waals surface area contributed by atoms with Crippen LogP contribution in [0.3, 0.4) is 0 Å². The monoisotopic (exact) mass is 228 g/mol. The molecule has 0 aliphatic rings. The fourth-order valence-corrected chi connectivity index (χ4v) is 1.49. The van der Waals surface area contributed by atoms with Gasteiger partial charge >= 0.3 is 0 Å². The molecule has 0 radical (unpaired) electrons. The Balaban J connectivity index is 1.99. The molecule has 17 heavy (non-hydrogen) atoms. The van der Waals surface area contributed by atoms with E-state index in [2.05, 4.69) is 51.8 Å². The highest BCUT2D eigenvalue weighted by molar-refractivity contribution is 5.46. The molecule has 1 heterocycles. The van der Waals surface area contributed by atoms with Gasteiger partial charge in [-0.25, -0.2) is 9.97 Å². The van der Waals surface area contributed by atoms with Crippen LogP contribution in [0, 0.1) is 6.92 Å². The third-order valence-electron chi connectivity index (χ3n) is 2.52. The van der Waals surface area contributed by atoms with Crippen LogP contribution in [0.1, 0.15) is 11.1 Å². The maximum Gasteiger partial charge on any atom is 0.131 e. The molecule has 88 valence electrons. The van der Waals surface area contributed by atoms with Gasteiger partial charge in [0.15, 0.2) is 0 Å². The topological polar surface area (TPSA) is 49.8 Å². The maximum absolute atomic E-state index is 4.16. The molecule has 0 aliphatic carbocycles. The van der Waals surface area contributed by atoms with Crippen molar-refractivity contribution in [3.63, 3.8) is 0 Å². The summed E-state index contributed by atoms with van der Waals surface area (Å²) < 4.78 is 0. The molecular formula is C13H16N4. The van der Waals surface area contributed by atoms with Gasteiger partial charge in [-0.1, -0.05) is 29.8 Å². The van der Waals surface area contributed by atoms with E-state index in [9.17, 15) is 0 Å². The smallest absolute Gasteiger partial charge is 0.131 e. The highest BCUT2D eigenvalue weighted by Gasteiger charge is 1.97. The first-order chi connectivity index (χ1) is 8.28. The van der Waals surface area contributed by atoms with Gasteiger partial charge in [-0.05, 0) is 12.5 Å². The molecule has 2 aromatic rings. The van der Waals surface area contributed by atoms with Gasteiger partial charge in [0.2, 0.25) is 0 Å². The Morgan fingerprint density at radius 2 is 1.76 bits per heavy atom. The summed E-state index contributed by atoms with van der Waals surface area (Å²) in [6, 6.07) is 10.3. The predicted molar refractivity (Wildman–Crippen MR) is 70.1 cm³/mol. The molecule has 0 unspecified atom stereocenters. The summed E-state index contributed by atoms with van der Waals surface area (Å²) in [4.78, 5) is 8.22. The molecular weight excluding hydrogens is 212 g/mol. The van der Waals surface area contributed by atoms with E-state index in [-0.39, 0.29) is 0 Å². The van der Waals surface area contributed by atoms with Crippen molar-refractivity contribution in [3.8, 4) is 0 Å². The SMILES string of the molecule is CNc1cc(NCc2ccc(C)cc2)ncn1. The van der Waals surface area contributed by atoms with Crippen LogP contribution >= 0.6 is 0 Å². The summed E-state index contributed by atoms with van der Waals surface area (Å²) in [5.41, 5.74) is 2.51. The zero-order valence-electron chi connectivity index (χ0n) is 10.1. The fraction of sp³-hybridized carbons (Fsp3) is 0.231. The average Bonchev–Trinajstić information content (AvgIpc) is 2.38. The molecule has 0 fully saturated rings. The molecule has 0 saturated heterocycles. The molecule has 0 aliphatic heterocycles. The zero-order valence-corrected chi connectivity index (χ0v) is 10.1. The molecule has 0 spiro atoms. The minimum atomic E-state index is 0.764. The van der Waals surface area contributed by atoms with E-state index in [1.807, 2.05) is 13.1 Å². The number of nitrogens with one attached hydrogen (secondary N) is 2. The first-order valence-corrected chi connectivity index (χ1v) is 5.57. The predicted octanol–water partition coefficient (Wildman–Crippen LogP) is 2.44.